The Bertz CT molecular complexity index is 982. The Morgan fingerprint density at radius 1 is 0.906 bits per heavy atom. The molecule has 0 unspecified atom stereocenters. The zero-order valence-electron chi connectivity index (χ0n) is 18.7. The van der Waals surface area contributed by atoms with Gasteiger partial charge in [0, 0.05) is 45.1 Å². The lowest BCUT2D eigenvalue weighted by Gasteiger charge is -2.36. The topological polar surface area (TPSA) is 78.9 Å². The number of ether oxygens (including phenoxy) is 1. The van der Waals surface area contributed by atoms with Crippen LogP contribution in [0.2, 0.25) is 0 Å². The van der Waals surface area contributed by atoms with Crippen LogP contribution in [0.4, 0.5) is 5.95 Å². The van der Waals surface area contributed by atoms with Gasteiger partial charge in [-0.2, -0.15) is 0 Å². The van der Waals surface area contributed by atoms with Gasteiger partial charge in [-0.1, -0.05) is 25.5 Å². The van der Waals surface area contributed by atoms with Crippen LogP contribution in [0.5, 0.6) is 5.75 Å². The van der Waals surface area contributed by atoms with Gasteiger partial charge in [0.1, 0.15) is 11.4 Å². The highest BCUT2D eigenvalue weighted by Gasteiger charge is 2.41. The van der Waals surface area contributed by atoms with Crippen molar-refractivity contribution in [2.24, 2.45) is 0 Å². The summed E-state index contributed by atoms with van der Waals surface area (Å²) in [5, 5.41) is 0. The monoisotopic (exact) mass is 435 g/mol. The number of carbonyl (C=O) groups excluding carboxylic acids is 2. The summed E-state index contributed by atoms with van der Waals surface area (Å²) >= 11 is 0. The Morgan fingerprint density at radius 2 is 1.56 bits per heavy atom. The summed E-state index contributed by atoms with van der Waals surface area (Å²) in [6, 6.07) is 9.22. The molecule has 0 aliphatic carbocycles. The number of hydrogen-bond donors (Lipinski definition) is 0. The van der Waals surface area contributed by atoms with Crippen molar-refractivity contribution in [1.29, 1.82) is 0 Å². The number of aromatic nitrogens is 2. The Hall–Kier alpha value is -3.42. The molecule has 0 radical (unpaired) electrons. The first-order valence-corrected chi connectivity index (χ1v) is 11.2. The van der Waals surface area contributed by atoms with Gasteiger partial charge in [0.25, 0.3) is 11.8 Å². The number of imide groups is 1. The lowest BCUT2D eigenvalue weighted by Crippen LogP contribution is -2.48. The van der Waals surface area contributed by atoms with E-state index in [1.54, 1.807) is 18.5 Å². The molecule has 2 aliphatic rings. The molecule has 3 heterocycles. The maximum atomic E-state index is 13.4. The van der Waals surface area contributed by atoms with Crippen LogP contribution in [0, 0.1) is 0 Å². The predicted octanol–water partition coefficient (Wildman–Crippen LogP) is 2.58. The van der Waals surface area contributed by atoms with Crippen molar-refractivity contribution in [2.45, 2.75) is 26.7 Å². The van der Waals surface area contributed by atoms with E-state index in [0.717, 1.165) is 24.2 Å². The van der Waals surface area contributed by atoms with Crippen molar-refractivity contribution in [3.63, 3.8) is 0 Å². The van der Waals surface area contributed by atoms with E-state index in [9.17, 15) is 9.59 Å². The van der Waals surface area contributed by atoms with E-state index in [4.69, 9.17) is 4.74 Å². The number of anilines is 1. The Morgan fingerprint density at radius 3 is 2.19 bits per heavy atom. The highest BCUT2D eigenvalue weighted by Crippen LogP contribution is 2.33. The van der Waals surface area contributed by atoms with Gasteiger partial charge in [-0.25, -0.2) is 9.97 Å². The summed E-state index contributed by atoms with van der Waals surface area (Å²) < 4.78 is 5.54. The molecule has 1 aromatic heterocycles. The molecule has 1 saturated heterocycles. The third-order valence-electron chi connectivity index (χ3n) is 5.76. The molecule has 8 heteroatoms. The molecule has 0 saturated carbocycles. The van der Waals surface area contributed by atoms with Gasteiger partial charge in [0.05, 0.1) is 12.2 Å². The summed E-state index contributed by atoms with van der Waals surface area (Å²) in [7, 11) is 0. The van der Waals surface area contributed by atoms with E-state index in [-0.39, 0.29) is 11.8 Å². The van der Waals surface area contributed by atoms with E-state index in [1.165, 1.54) is 4.90 Å². The van der Waals surface area contributed by atoms with Crippen molar-refractivity contribution in [2.75, 3.05) is 44.2 Å². The van der Waals surface area contributed by atoms with Crippen LogP contribution >= 0.6 is 0 Å². The standard InChI is InChI=1S/C24H29N5O3/c1-3-5-13-29-22(30)20(18-7-9-19(10-8-18)32-4-2)21(23(29)31)27-14-16-28(17-15-27)24-25-11-6-12-26-24/h6-12H,3-5,13-17H2,1-2H3. The summed E-state index contributed by atoms with van der Waals surface area (Å²) in [6.45, 7) is 7.60. The first-order chi connectivity index (χ1) is 15.6. The van der Waals surface area contributed by atoms with Crippen LogP contribution in [0.3, 0.4) is 0 Å². The third kappa shape index (κ3) is 4.30. The van der Waals surface area contributed by atoms with Gasteiger partial charge in [0.15, 0.2) is 0 Å². The molecule has 0 N–H and O–H groups in total. The molecular weight excluding hydrogens is 406 g/mol. The zero-order valence-corrected chi connectivity index (χ0v) is 18.7. The fourth-order valence-corrected chi connectivity index (χ4v) is 4.11. The van der Waals surface area contributed by atoms with E-state index in [0.29, 0.717) is 56.5 Å². The normalized spacial score (nSPS) is 16.9. The second kappa shape index (κ2) is 9.80. The fourth-order valence-electron chi connectivity index (χ4n) is 4.11. The van der Waals surface area contributed by atoms with Gasteiger partial charge in [-0.15, -0.1) is 0 Å². The van der Waals surface area contributed by atoms with E-state index in [2.05, 4.69) is 21.8 Å². The van der Waals surface area contributed by atoms with Gasteiger partial charge >= 0.3 is 0 Å². The molecule has 2 aliphatic heterocycles. The van der Waals surface area contributed by atoms with Gasteiger partial charge in [0.2, 0.25) is 5.95 Å². The molecule has 168 valence electrons. The molecular formula is C24H29N5O3. The number of benzene rings is 1. The summed E-state index contributed by atoms with van der Waals surface area (Å²) in [5.41, 5.74) is 1.73. The number of carbonyl (C=O) groups is 2. The largest absolute Gasteiger partial charge is 0.494 e. The van der Waals surface area contributed by atoms with Crippen molar-refractivity contribution in [3.8, 4) is 5.75 Å². The van der Waals surface area contributed by atoms with Crippen molar-refractivity contribution in [1.82, 2.24) is 19.8 Å². The average molecular weight is 436 g/mol. The average Bonchev–Trinajstić information content (AvgIpc) is 3.08. The van der Waals surface area contributed by atoms with Crippen molar-refractivity contribution < 1.29 is 14.3 Å². The molecule has 1 aromatic carbocycles. The van der Waals surface area contributed by atoms with Crippen LogP contribution in [0.1, 0.15) is 32.3 Å². The van der Waals surface area contributed by atoms with Gasteiger partial charge in [-0.05, 0) is 37.1 Å². The van der Waals surface area contributed by atoms with E-state index >= 15 is 0 Å². The number of nitrogens with zero attached hydrogens (tertiary/aromatic N) is 5. The van der Waals surface area contributed by atoms with Crippen molar-refractivity contribution >= 4 is 23.3 Å². The summed E-state index contributed by atoms with van der Waals surface area (Å²) in [6.07, 6.45) is 5.17. The van der Waals surface area contributed by atoms with Crippen molar-refractivity contribution in [3.05, 3.63) is 54.0 Å². The summed E-state index contributed by atoms with van der Waals surface area (Å²) in [4.78, 5) is 40.9. The number of rotatable bonds is 8. The maximum Gasteiger partial charge on any atom is 0.277 e. The molecule has 0 spiro atoms. The van der Waals surface area contributed by atoms with Crippen LogP contribution in [0.15, 0.2) is 48.4 Å². The van der Waals surface area contributed by atoms with Crippen LogP contribution < -0.4 is 9.64 Å². The zero-order chi connectivity index (χ0) is 22.5. The Labute approximate surface area is 188 Å². The minimum Gasteiger partial charge on any atom is -0.494 e. The molecule has 2 aromatic rings. The molecule has 2 amide bonds. The van der Waals surface area contributed by atoms with Crippen LogP contribution in [-0.2, 0) is 9.59 Å². The third-order valence-corrected chi connectivity index (χ3v) is 5.76. The molecule has 0 bridgehead atoms. The molecule has 1 fully saturated rings. The van der Waals surface area contributed by atoms with Crippen LogP contribution in [0.25, 0.3) is 5.57 Å². The molecule has 8 nitrogen and oxygen atoms in total. The SMILES string of the molecule is CCCCN1C(=O)C(c2ccc(OCC)cc2)=C(N2CCN(c3ncccn3)CC2)C1=O. The Balaban J connectivity index is 1.62. The minimum atomic E-state index is -0.212. The van der Waals surface area contributed by atoms with Crippen LogP contribution in [-0.4, -0.2) is 70.9 Å². The highest BCUT2D eigenvalue weighted by molar-refractivity contribution is 6.35. The van der Waals surface area contributed by atoms with Gasteiger partial charge in [-0.3, -0.25) is 14.5 Å². The first kappa shape index (κ1) is 21.8. The molecule has 0 atom stereocenters. The predicted molar refractivity (Wildman–Crippen MR) is 122 cm³/mol. The first-order valence-electron chi connectivity index (χ1n) is 11.2. The summed E-state index contributed by atoms with van der Waals surface area (Å²) in [5.74, 6) is 1.02. The van der Waals surface area contributed by atoms with E-state index in [1.807, 2.05) is 36.1 Å². The number of hydrogen-bond acceptors (Lipinski definition) is 7. The van der Waals surface area contributed by atoms with E-state index < -0.39 is 0 Å². The molecule has 4 rings (SSSR count). The second-order valence-electron chi connectivity index (χ2n) is 7.82. The second-order valence-corrected chi connectivity index (χ2v) is 7.82. The highest BCUT2D eigenvalue weighted by atomic mass is 16.5. The number of amides is 2. The Kier molecular flexibility index (Phi) is 6.68. The van der Waals surface area contributed by atoms with Gasteiger partial charge < -0.3 is 14.5 Å². The molecule has 32 heavy (non-hydrogen) atoms. The fraction of sp³-hybridized carbons (Fsp3) is 0.417. The number of piperazine rings is 1. The lowest BCUT2D eigenvalue weighted by molar-refractivity contribution is -0.137. The number of unbranched alkanes of at least 4 members (excludes halogenated alkanes) is 1. The quantitative estimate of drug-likeness (QED) is 0.590. The smallest absolute Gasteiger partial charge is 0.277 e. The minimum absolute atomic E-state index is 0.197. The lowest BCUT2D eigenvalue weighted by atomic mass is 10.0. The maximum absolute atomic E-state index is 13.4.